The minimum Gasteiger partial charge on any atom is -0.395 e. The highest BCUT2D eigenvalue weighted by Crippen LogP contribution is 2.19. The zero-order valence-electron chi connectivity index (χ0n) is 14.6. The molecule has 2 aromatic rings. The van der Waals surface area contributed by atoms with E-state index >= 15 is 0 Å². The Morgan fingerprint density at radius 2 is 2.00 bits per heavy atom. The second kappa shape index (κ2) is 8.83. The van der Waals surface area contributed by atoms with E-state index in [1.807, 2.05) is 36.4 Å². The quantitative estimate of drug-likeness (QED) is 0.678. The van der Waals surface area contributed by atoms with Gasteiger partial charge in [-0.2, -0.15) is 0 Å². The lowest BCUT2D eigenvalue weighted by atomic mass is 10.1. The van der Waals surface area contributed by atoms with Crippen LogP contribution in [-0.4, -0.2) is 48.3 Å². The van der Waals surface area contributed by atoms with Gasteiger partial charge in [-0.3, -0.25) is 4.90 Å². The van der Waals surface area contributed by atoms with Crippen LogP contribution in [0.5, 0.6) is 0 Å². The van der Waals surface area contributed by atoms with Crippen LogP contribution >= 0.6 is 0 Å². The number of amides is 2. The first kappa shape index (κ1) is 17.7. The van der Waals surface area contributed by atoms with Gasteiger partial charge < -0.3 is 15.7 Å². The van der Waals surface area contributed by atoms with Gasteiger partial charge in [0, 0.05) is 18.3 Å². The first-order valence-electron chi connectivity index (χ1n) is 9.15. The predicted octanol–water partition coefficient (Wildman–Crippen LogP) is 3.20. The molecule has 0 saturated carbocycles. The maximum atomic E-state index is 12.0. The Morgan fingerprint density at radius 1 is 1.16 bits per heavy atom. The molecule has 0 bridgehead atoms. The third-order valence-electron chi connectivity index (χ3n) is 4.87. The van der Waals surface area contributed by atoms with Gasteiger partial charge in [-0.25, -0.2) is 4.79 Å². The van der Waals surface area contributed by atoms with Crippen molar-refractivity contribution in [1.29, 1.82) is 0 Å². The molecule has 0 radical (unpaired) electrons. The molecule has 1 unspecified atom stereocenters. The van der Waals surface area contributed by atoms with Crippen LogP contribution in [0.2, 0.25) is 0 Å². The number of nitrogens with one attached hydrogen (secondary N) is 2. The molecule has 3 N–H and O–H groups in total. The number of benzene rings is 2. The molecular weight excluding hydrogens is 314 g/mol. The third kappa shape index (κ3) is 4.94. The maximum absolute atomic E-state index is 12.0. The number of carbonyl (C=O) groups excluding carboxylic acids is 1. The first-order valence-corrected chi connectivity index (χ1v) is 9.15. The Morgan fingerprint density at radius 3 is 2.84 bits per heavy atom. The Hall–Kier alpha value is -2.11. The summed E-state index contributed by atoms with van der Waals surface area (Å²) in [4.78, 5) is 14.4. The minimum atomic E-state index is -0.162. The van der Waals surface area contributed by atoms with Gasteiger partial charge in [0.1, 0.15) is 0 Å². The van der Waals surface area contributed by atoms with E-state index < -0.39 is 0 Å². The summed E-state index contributed by atoms with van der Waals surface area (Å²) in [6.45, 7) is 3.00. The van der Waals surface area contributed by atoms with Gasteiger partial charge in [-0.1, -0.05) is 30.3 Å². The number of hydrogen-bond acceptors (Lipinski definition) is 3. The lowest BCUT2D eigenvalue weighted by Gasteiger charge is -2.22. The Kier molecular flexibility index (Phi) is 6.25. The van der Waals surface area contributed by atoms with E-state index in [1.54, 1.807) is 0 Å². The van der Waals surface area contributed by atoms with Crippen LogP contribution in [-0.2, 0) is 0 Å². The summed E-state index contributed by atoms with van der Waals surface area (Å²) < 4.78 is 0. The van der Waals surface area contributed by atoms with Crippen molar-refractivity contribution >= 4 is 22.5 Å². The molecule has 1 aliphatic heterocycles. The van der Waals surface area contributed by atoms with Crippen molar-refractivity contribution in [2.24, 2.45) is 0 Å². The monoisotopic (exact) mass is 341 g/mol. The van der Waals surface area contributed by atoms with Crippen LogP contribution in [0.3, 0.4) is 0 Å². The second-order valence-electron chi connectivity index (χ2n) is 6.66. The van der Waals surface area contributed by atoms with Gasteiger partial charge in [0.2, 0.25) is 0 Å². The first-order chi connectivity index (χ1) is 12.3. The Balaban J connectivity index is 1.36. The molecule has 0 aromatic heterocycles. The summed E-state index contributed by atoms with van der Waals surface area (Å²) in [5.74, 6) is 0. The van der Waals surface area contributed by atoms with Crippen LogP contribution in [0.1, 0.15) is 25.7 Å². The standard InChI is InChI=1S/C20H27N3O2/c24-15-19-8-5-13-23(19)12-4-3-11-21-20(25)22-18-10-9-16-6-1-2-7-17(16)14-18/h1-2,6-7,9-10,14,19,24H,3-5,8,11-13,15H2,(H2,21,22,25). The van der Waals surface area contributed by atoms with Crippen molar-refractivity contribution < 1.29 is 9.90 Å². The molecule has 134 valence electrons. The molecule has 3 rings (SSSR count). The topological polar surface area (TPSA) is 64.6 Å². The molecule has 1 saturated heterocycles. The van der Waals surface area contributed by atoms with Crippen LogP contribution < -0.4 is 10.6 Å². The summed E-state index contributed by atoms with van der Waals surface area (Å²) in [6, 6.07) is 14.2. The van der Waals surface area contributed by atoms with Crippen molar-refractivity contribution in [3.63, 3.8) is 0 Å². The summed E-state index contributed by atoms with van der Waals surface area (Å²) >= 11 is 0. The highest BCUT2D eigenvalue weighted by atomic mass is 16.3. The second-order valence-corrected chi connectivity index (χ2v) is 6.66. The van der Waals surface area contributed by atoms with Crippen molar-refractivity contribution in [2.75, 3.05) is 31.6 Å². The number of unbranched alkanes of at least 4 members (excludes halogenated alkanes) is 1. The fourth-order valence-corrected chi connectivity index (χ4v) is 3.48. The van der Waals surface area contributed by atoms with E-state index in [0.29, 0.717) is 12.6 Å². The molecule has 0 spiro atoms. The van der Waals surface area contributed by atoms with E-state index in [0.717, 1.165) is 48.8 Å². The smallest absolute Gasteiger partial charge is 0.319 e. The Bertz CT molecular complexity index is 704. The predicted molar refractivity (Wildman–Crippen MR) is 102 cm³/mol. The summed E-state index contributed by atoms with van der Waals surface area (Å²) in [7, 11) is 0. The summed E-state index contributed by atoms with van der Waals surface area (Å²) in [5, 5.41) is 17.4. The number of likely N-dealkylation sites (tertiary alicyclic amines) is 1. The number of aliphatic hydroxyl groups is 1. The molecule has 5 heteroatoms. The number of fused-ring (bicyclic) bond motifs is 1. The average molecular weight is 341 g/mol. The molecule has 2 aromatic carbocycles. The van der Waals surface area contributed by atoms with Crippen molar-refractivity contribution in [1.82, 2.24) is 10.2 Å². The minimum absolute atomic E-state index is 0.162. The van der Waals surface area contributed by atoms with Gasteiger partial charge in [0.05, 0.1) is 6.61 Å². The zero-order chi connectivity index (χ0) is 17.5. The number of aliphatic hydroxyl groups excluding tert-OH is 1. The van der Waals surface area contributed by atoms with E-state index in [2.05, 4.69) is 21.6 Å². The molecule has 0 aliphatic carbocycles. The highest BCUT2D eigenvalue weighted by molar-refractivity contribution is 5.93. The lowest BCUT2D eigenvalue weighted by Crippen LogP contribution is -2.34. The van der Waals surface area contributed by atoms with Gasteiger partial charge >= 0.3 is 6.03 Å². The summed E-state index contributed by atoms with van der Waals surface area (Å²) in [5.41, 5.74) is 0.805. The van der Waals surface area contributed by atoms with Crippen LogP contribution in [0.4, 0.5) is 10.5 Å². The van der Waals surface area contributed by atoms with Crippen LogP contribution in [0.25, 0.3) is 10.8 Å². The van der Waals surface area contributed by atoms with Gasteiger partial charge in [-0.15, -0.1) is 0 Å². The molecule has 25 heavy (non-hydrogen) atoms. The average Bonchev–Trinajstić information content (AvgIpc) is 3.09. The fourth-order valence-electron chi connectivity index (χ4n) is 3.48. The number of anilines is 1. The molecule has 5 nitrogen and oxygen atoms in total. The summed E-state index contributed by atoms with van der Waals surface area (Å²) in [6.07, 6.45) is 4.26. The van der Waals surface area contributed by atoms with E-state index in [-0.39, 0.29) is 12.6 Å². The van der Waals surface area contributed by atoms with E-state index in [1.165, 1.54) is 6.42 Å². The SMILES string of the molecule is O=C(NCCCCN1CCCC1CO)Nc1ccc2ccccc2c1. The number of hydrogen-bond donors (Lipinski definition) is 3. The fraction of sp³-hybridized carbons (Fsp3) is 0.450. The Labute approximate surface area is 149 Å². The van der Waals surface area contributed by atoms with Crippen LogP contribution in [0.15, 0.2) is 42.5 Å². The van der Waals surface area contributed by atoms with Gasteiger partial charge in [0.25, 0.3) is 0 Å². The molecule has 2 amide bonds. The molecule has 1 atom stereocenters. The number of carbonyl (C=O) groups is 1. The molecule has 1 fully saturated rings. The van der Waals surface area contributed by atoms with Crippen molar-refractivity contribution in [2.45, 2.75) is 31.7 Å². The molecule has 1 aliphatic rings. The molecular formula is C20H27N3O2. The van der Waals surface area contributed by atoms with Gasteiger partial charge in [0.15, 0.2) is 0 Å². The van der Waals surface area contributed by atoms with Crippen LogP contribution in [0, 0.1) is 0 Å². The maximum Gasteiger partial charge on any atom is 0.319 e. The normalized spacial score (nSPS) is 17.7. The highest BCUT2D eigenvalue weighted by Gasteiger charge is 2.22. The zero-order valence-corrected chi connectivity index (χ0v) is 14.6. The van der Waals surface area contributed by atoms with E-state index in [4.69, 9.17) is 0 Å². The number of urea groups is 1. The number of rotatable bonds is 7. The number of nitrogens with zero attached hydrogens (tertiary/aromatic N) is 1. The van der Waals surface area contributed by atoms with Gasteiger partial charge in [-0.05, 0) is 61.7 Å². The van der Waals surface area contributed by atoms with Crippen molar-refractivity contribution in [3.05, 3.63) is 42.5 Å². The third-order valence-corrected chi connectivity index (χ3v) is 4.87. The van der Waals surface area contributed by atoms with Crippen molar-refractivity contribution in [3.8, 4) is 0 Å². The van der Waals surface area contributed by atoms with E-state index in [9.17, 15) is 9.90 Å². The largest absolute Gasteiger partial charge is 0.395 e. The lowest BCUT2D eigenvalue weighted by molar-refractivity contribution is 0.157. The molecule has 1 heterocycles.